The number of imidazole rings is 1. The molecule has 0 bridgehead atoms. The molecule has 1 aliphatic rings. The molecule has 14 heavy (non-hydrogen) atoms. The molecule has 0 aromatic carbocycles. The number of hydrogen-bond acceptors (Lipinski definition) is 5. The summed E-state index contributed by atoms with van der Waals surface area (Å²) in [4.78, 5) is 15.5. The van der Waals surface area contributed by atoms with Crippen LogP contribution in [0.25, 0.3) is 11.2 Å². The van der Waals surface area contributed by atoms with Crippen LogP contribution in [0.3, 0.4) is 0 Å². The zero-order valence-electron chi connectivity index (χ0n) is 7.30. The number of rotatable bonds is 3. The molecule has 2 aromatic heterocycles. The van der Waals surface area contributed by atoms with Crippen LogP contribution in [-0.2, 0) is 4.74 Å². The van der Waals surface area contributed by atoms with E-state index in [1.807, 2.05) is 0 Å². The van der Waals surface area contributed by atoms with E-state index >= 15 is 0 Å². The molecule has 0 saturated carbocycles. The Kier molecular flexibility index (Phi) is 1.88. The molecule has 2 aromatic rings. The minimum atomic E-state index is 0.401. The molecule has 6 heteroatoms. The van der Waals surface area contributed by atoms with Gasteiger partial charge < -0.3 is 9.72 Å². The van der Waals surface area contributed by atoms with Gasteiger partial charge >= 0.3 is 0 Å². The molecule has 3 rings (SSSR count). The molecule has 0 amide bonds. The predicted octanol–water partition coefficient (Wildman–Crippen LogP) is 0.844. The highest BCUT2D eigenvalue weighted by Gasteiger charge is 2.22. The molecule has 72 valence electrons. The molecule has 3 heterocycles. The van der Waals surface area contributed by atoms with E-state index in [1.165, 1.54) is 0 Å². The third kappa shape index (κ3) is 1.58. The molecule has 1 aliphatic heterocycles. The molecular formula is C8H8N4OS. The highest BCUT2D eigenvalue weighted by molar-refractivity contribution is 7.99. The number of ether oxygens (including phenoxy) is 1. The lowest BCUT2D eigenvalue weighted by Crippen LogP contribution is -1.93. The van der Waals surface area contributed by atoms with Gasteiger partial charge in [-0.3, -0.25) is 0 Å². The first-order valence-corrected chi connectivity index (χ1v) is 5.31. The fourth-order valence-electron chi connectivity index (χ4n) is 1.12. The van der Waals surface area contributed by atoms with E-state index in [0.717, 1.165) is 28.7 Å². The lowest BCUT2D eigenvalue weighted by atomic mass is 10.6. The number of thioether (sulfide) groups is 1. The monoisotopic (exact) mass is 208 g/mol. The van der Waals surface area contributed by atoms with Crippen molar-refractivity contribution in [3.8, 4) is 0 Å². The number of H-pyrrole nitrogens is 1. The smallest absolute Gasteiger partial charge is 0.189 e. The molecule has 1 saturated heterocycles. The van der Waals surface area contributed by atoms with Crippen LogP contribution in [0.15, 0.2) is 17.7 Å². The van der Waals surface area contributed by atoms with Crippen molar-refractivity contribution in [3.63, 3.8) is 0 Å². The van der Waals surface area contributed by atoms with Crippen molar-refractivity contribution in [1.82, 2.24) is 19.9 Å². The average Bonchev–Trinajstić information content (AvgIpc) is 2.92. The lowest BCUT2D eigenvalue weighted by molar-refractivity contribution is 0.426. The first-order valence-electron chi connectivity index (χ1n) is 4.32. The molecule has 1 fully saturated rings. The van der Waals surface area contributed by atoms with Crippen LogP contribution in [0, 0.1) is 0 Å². The molecule has 1 unspecified atom stereocenters. The molecule has 1 N–H and O–H groups in total. The number of aromatic nitrogens is 4. The maximum Gasteiger partial charge on any atom is 0.189 e. The summed E-state index contributed by atoms with van der Waals surface area (Å²) in [6.45, 7) is 0.873. The number of hydrogen-bond donors (Lipinski definition) is 1. The number of nitrogens with zero attached hydrogens (tertiary/aromatic N) is 3. The van der Waals surface area contributed by atoms with Gasteiger partial charge in [-0.2, -0.15) is 0 Å². The summed E-state index contributed by atoms with van der Waals surface area (Å²) >= 11 is 1.61. The predicted molar refractivity (Wildman–Crippen MR) is 52.1 cm³/mol. The van der Waals surface area contributed by atoms with Crippen LogP contribution in [0.2, 0.25) is 0 Å². The number of epoxide rings is 1. The highest BCUT2D eigenvalue weighted by atomic mass is 32.2. The summed E-state index contributed by atoms with van der Waals surface area (Å²) in [5.41, 5.74) is 1.59. The van der Waals surface area contributed by atoms with Crippen molar-refractivity contribution < 1.29 is 4.74 Å². The average molecular weight is 208 g/mol. The van der Waals surface area contributed by atoms with E-state index in [2.05, 4.69) is 19.9 Å². The fourth-order valence-corrected chi connectivity index (χ4v) is 1.93. The van der Waals surface area contributed by atoms with Gasteiger partial charge in [0.1, 0.15) is 5.52 Å². The Balaban J connectivity index is 1.81. The van der Waals surface area contributed by atoms with Crippen molar-refractivity contribution in [2.24, 2.45) is 0 Å². The van der Waals surface area contributed by atoms with Crippen LogP contribution >= 0.6 is 11.8 Å². The normalized spacial score (nSPS) is 20.1. The van der Waals surface area contributed by atoms with E-state index in [-0.39, 0.29) is 0 Å². The third-order valence-corrected chi connectivity index (χ3v) is 2.95. The molecular weight excluding hydrogens is 200 g/mol. The quantitative estimate of drug-likeness (QED) is 0.460. The first-order chi connectivity index (χ1) is 6.92. The number of aromatic amines is 1. The highest BCUT2D eigenvalue weighted by Crippen LogP contribution is 2.21. The number of fused-ring (bicyclic) bond motifs is 1. The van der Waals surface area contributed by atoms with Gasteiger partial charge in [0.25, 0.3) is 0 Å². The summed E-state index contributed by atoms with van der Waals surface area (Å²) in [5, 5.41) is 0.764. The molecule has 1 atom stereocenters. The van der Waals surface area contributed by atoms with E-state index in [9.17, 15) is 0 Å². The minimum Gasteiger partial charge on any atom is -0.372 e. The van der Waals surface area contributed by atoms with Gasteiger partial charge in [0.05, 0.1) is 25.2 Å². The zero-order valence-corrected chi connectivity index (χ0v) is 8.12. The van der Waals surface area contributed by atoms with Crippen LogP contribution < -0.4 is 0 Å². The fraction of sp³-hybridized carbons (Fsp3) is 0.375. The topological polar surface area (TPSA) is 67.0 Å². The molecule has 0 radical (unpaired) electrons. The molecule has 5 nitrogen and oxygen atoms in total. The standard InChI is InChI=1S/C8H8N4OS/c1-6-7(11-4-10-6)12-8(9-1)14-3-5-2-13-5/h1,4-5H,2-3H2,(H,9,10,11,12). The van der Waals surface area contributed by atoms with Gasteiger partial charge in [0.2, 0.25) is 0 Å². The summed E-state index contributed by atoms with van der Waals surface area (Å²) in [7, 11) is 0. The van der Waals surface area contributed by atoms with Crippen molar-refractivity contribution in [2.75, 3.05) is 12.4 Å². The summed E-state index contributed by atoms with van der Waals surface area (Å²) in [6, 6.07) is 0. The van der Waals surface area contributed by atoms with Gasteiger partial charge in [-0.1, -0.05) is 11.8 Å². The maximum absolute atomic E-state index is 5.10. The van der Waals surface area contributed by atoms with E-state index in [4.69, 9.17) is 4.74 Å². The van der Waals surface area contributed by atoms with Gasteiger partial charge in [-0.25, -0.2) is 15.0 Å². The van der Waals surface area contributed by atoms with Crippen molar-refractivity contribution in [2.45, 2.75) is 11.3 Å². The van der Waals surface area contributed by atoms with Crippen LogP contribution in [0.5, 0.6) is 0 Å². The lowest BCUT2D eigenvalue weighted by Gasteiger charge is -1.95. The Morgan fingerprint density at radius 3 is 3.36 bits per heavy atom. The second-order valence-electron chi connectivity index (χ2n) is 3.06. The second-order valence-corrected chi connectivity index (χ2v) is 4.05. The van der Waals surface area contributed by atoms with Gasteiger partial charge in [-0.05, 0) is 0 Å². The van der Waals surface area contributed by atoms with Crippen LogP contribution in [0.4, 0.5) is 0 Å². The Bertz CT molecular complexity index is 453. The Hall–Kier alpha value is -1.14. The van der Waals surface area contributed by atoms with E-state index in [0.29, 0.717) is 6.10 Å². The summed E-state index contributed by atoms with van der Waals surface area (Å²) < 4.78 is 5.10. The Morgan fingerprint density at radius 1 is 1.57 bits per heavy atom. The Morgan fingerprint density at radius 2 is 2.50 bits per heavy atom. The van der Waals surface area contributed by atoms with E-state index < -0.39 is 0 Å². The van der Waals surface area contributed by atoms with Gasteiger partial charge in [-0.15, -0.1) is 0 Å². The van der Waals surface area contributed by atoms with Crippen LogP contribution in [0.1, 0.15) is 0 Å². The maximum atomic E-state index is 5.10. The Labute approximate surface area is 84.3 Å². The molecule has 0 aliphatic carbocycles. The summed E-state index contributed by atoms with van der Waals surface area (Å²) in [5.74, 6) is 0.927. The molecule has 0 spiro atoms. The second kappa shape index (κ2) is 3.21. The third-order valence-electron chi connectivity index (χ3n) is 1.95. The number of nitrogens with one attached hydrogen (secondary N) is 1. The summed E-state index contributed by atoms with van der Waals surface area (Å²) in [6.07, 6.45) is 3.78. The van der Waals surface area contributed by atoms with E-state index in [1.54, 1.807) is 24.3 Å². The van der Waals surface area contributed by atoms with Crippen molar-refractivity contribution in [1.29, 1.82) is 0 Å². The largest absolute Gasteiger partial charge is 0.372 e. The minimum absolute atomic E-state index is 0.401. The van der Waals surface area contributed by atoms with Gasteiger partial charge in [0.15, 0.2) is 10.8 Å². The van der Waals surface area contributed by atoms with Crippen molar-refractivity contribution in [3.05, 3.63) is 12.5 Å². The van der Waals surface area contributed by atoms with Gasteiger partial charge in [0, 0.05) is 5.75 Å². The zero-order chi connectivity index (χ0) is 9.38. The SMILES string of the molecule is c1nc2nc(SCC3CO3)ncc2[nH]1. The van der Waals surface area contributed by atoms with Crippen molar-refractivity contribution >= 4 is 22.9 Å². The van der Waals surface area contributed by atoms with Crippen LogP contribution in [-0.4, -0.2) is 38.4 Å². The first kappa shape index (κ1) is 8.19.